The number of hydrogen-bond acceptors (Lipinski definition) is 21. The quantitative estimate of drug-likeness (QED) is 0.0167. The van der Waals surface area contributed by atoms with Crippen LogP contribution in [0.3, 0.4) is 0 Å². The fourth-order valence-corrected chi connectivity index (χ4v) is 8.07. The van der Waals surface area contributed by atoms with Gasteiger partial charge >= 0.3 is 5.97 Å². The summed E-state index contributed by atoms with van der Waals surface area (Å²) >= 11 is 0. The Bertz CT molecular complexity index is 2630. The fourth-order valence-electron chi connectivity index (χ4n) is 8.07. The number of aromatic hydroxyl groups is 1. The molecule has 0 aliphatic carbocycles. The number of primary amides is 2. The summed E-state index contributed by atoms with van der Waals surface area (Å²) in [6.45, 7) is -2.77. The molecule has 1 aromatic carbocycles. The number of phenolic OH excluding ortho intramolecular Hbond substituents is 1. The maximum absolute atomic E-state index is 14.5. The Kier molecular flexibility index (Phi) is 33.6. The van der Waals surface area contributed by atoms with Crippen molar-refractivity contribution in [3.63, 3.8) is 0 Å². The Morgan fingerprint density at radius 3 is 1.36 bits per heavy atom. The van der Waals surface area contributed by atoms with Crippen molar-refractivity contribution in [2.75, 3.05) is 39.5 Å². The number of aliphatic hydroxyl groups is 3. The number of carbonyl (C=O) groups is 12. The van der Waals surface area contributed by atoms with Crippen molar-refractivity contribution in [1.29, 1.82) is 0 Å². The lowest BCUT2D eigenvalue weighted by atomic mass is 10.0. The SMILES string of the molecule is NCCCC[C@H](NC(=O)[C@H](CCCN=C(N)N)NC(=O)[C@H](Cc1cnc[nH]1)NC(=O)[C@H](CO)NC(=O)[C@H](CO)NC(=O)[C@@H](N)CCCCN)C(=O)N[C@@H](Cc1ccc(O)cc1)C(=O)N[C@@H](CO)C(=O)N[C@@H](CC(N)=O)C(=O)N[C@@H](CCC(N)=O)C(=O)O. The van der Waals surface area contributed by atoms with Crippen LogP contribution < -0.4 is 88.0 Å². The lowest BCUT2D eigenvalue weighted by molar-refractivity contribution is -0.143. The number of aromatic amines is 1. The summed E-state index contributed by atoms with van der Waals surface area (Å²) in [6.07, 6.45) is 1.39. The van der Waals surface area contributed by atoms with Gasteiger partial charge in [0, 0.05) is 37.7 Å². The number of carboxylic acid groups (broad SMARTS) is 1. The van der Waals surface area contributed by atoms with Gasteiger partial charge in [0.1, 0.15) is 60.1 Å². The van der Waals surface area contributed by atoms with Gasteiger partial charge in [0.15, 0.2) is 5.96 Å². The number of aliphatic carboxylic acids is 1. The lowest BCUT2D eigenvalue weighted by Gasteiger charge is -2.28. The largest absolute Gasteiger partial charge is 0.508 e. The van der Waals surface area contributed by atoms with E-state index < -0.39 is 170 Å². The summed E-state index contributed by atoms with van der Waals surface area (Å²) in [7, 11) is 0. The second kappa shape index (κ2) is 39.5. The van der Waals surface area contributed by atoms with Gasteiger partial charge < -0.3 is 119 Å². The number of rotatable bonds is 43. The van der Waals surface area contributed by atoms with Crippen LogP contribution in [0.2, 0.25) is 0 Å². The summed E-state index contributed by atoms with van der Waals surface area (Å²) in [5.74, 6) is -14.0. The molecule has 0 unspecified atom stereocenters. The van der Waals surface area contributed by atoms with Crippen LogP contribution in [0.25, 0.3) is 0 Å². The van der Waals surface area contributed by atoms with E-state index in [4.69, 9.17) is 40.1 Å². The number of nitrogens with two attached hydrogens (primary N) is 7. The van der Waals surface area contributed by atoms with Crippen LogP contribution in [-0.2, 0) is 70.4 Å². The molecule has 1 aromatic heterocycles. The van der Waals surface area contributed by atoms with Crippen molar-refractivity contribution in [1.82, 2.24) is 57.8 Å². The minimum Gasteiger partial charge on any atom is -0.508 e. The van der Waals surface area contributed by atoms with Gasteiger partial charge in [0.25, 0.3) is 0 Å². The zero-order chi connectivity index (χ0) is 65.2. The topological polar surface area (TPSA) is 637 Å². The van der Waals surface area contributed by atoms with Gasteiger partial charge in [-0.1, -0.05) is 18.6 Å². The monoisotopic (exact) mass is 1230 g/mol. The molecule has 2 aromatic rings. The number of aliphatic imine (C=N–C) groups is 1. The lowest BCUT2D eigenvalue weighted by Crippen LogP contribution is -2.61. The summed E-state index contributed by atoms with van der Waals surface area (Å²) in [4.78, 5) is 170. The van der Waals surface area contributed by atoms with Crippen LogP contribution >= 0.6 is 0 Å². The molecule has 0 saturated carbocycles. The molecule has 0 saturated heterocycles. The van der Waals surface area contributed by atoms with Gasteiger partial charge in [-0.2, -0.15) is 0 Å². The Balaban J connectivity index is 2.52. The van der Waals surface area contributed by atoms with E-state index in [1.54, 1.807) is 0 Å². The molecule has 36 nitrogen and oxygen atoms in total. The van der Waals surface area contributed by atoms with Gasteiger partial charge in [-0.3, -0.25) is 57.7 Å². The van der Waals surface area contributed by atoms with E-state index in [2.05, 4.69) is 62.8 Å². The van der Waals surface area contributed by atoms with E-state index >= 15 is 0 Å². The Hall–Kier alpha value is -9.10. The van der Waals surface area contributed by atoms with Crippen molar-refractivity contribution in [3.8, 4) is 5.75 Å². The van der Waals surface area contributed by atoms with Crippen molar-refractivity contribution in [3.05, 3.63) is 48.0 Å². The Labute approximate surface area is 498 Å². The average Bonchev–Trinajstić information content (AvgIpc) is 4.09. The standard InChI is InChI=1S/C51H83N19O17/c52-15-3-1-6-29(54)41(77)68-36(22-71)49(85)70-38(24-73)47(83)66-34(19-27-21-59-25-61-27)45(81)63-31(8-5-17-60-51(57)58)42(78)62-30(7-2-4-16-53)43(79)65-33(18-26-9-11-28(74)12-10-26)44(80)69-37(23-72)48(84)67-35(20-40(56)76)46(82)64-32(50(86)87)13-14-39(55)75/h9-12,21,25,29-38,71-74H,1-8,13-20,22-24,52-54H2,(H2,55,75)(H2,56,76)(H,59,61)(H,62,78)(H,63,81)(H,64,82)(H,65,79)(H,66,83)(H,67,84)(H,68,77)(H,69,80)(H,70,85)(H,86,87)(H4,57,58,60)/t29-,30-,31-,32-,33-,34-,35-,36-,37-,38-/m0/s1. The number of imidazole rings is 1. The van der Waals surface area contributed by atoms with Gasteiger partial charge in [-0.15, -0.1) is 0 Å². The van der Waals surface area contributed by atoms with Crippen LogP contribution in [0.5, 0.6) is 5.75 Å². The fraction of sp³-hybridized carbons (Fsp3) is 0.569. The molecule has 0 radical (unpaired) electrons. The van der Waals surface area contributed by atoms with Crippen molar-refractivity contribution >= 4 is 76.9 Å². The number of nitrogens with zero attached hydrogens (tertiary/aromatic N) is 2. The number of nitrogens with one attached hydrogen (secondary N) is 10. The predicted molar refractivity (Wildman–Crippen MR) is 306 cm³/mol. The normalized spacial score (nSPS) is 14.4. The molecular weight excluding hydrogens is 1150 g/mol. The van der Waals surface area contributed by atoms with E-state index in [0.29, 0.717) is 31.4 Å². The van der Waals surface area contributed by atoms with Crippen molar-refractivity contribution < 1.29 is 83.1 Å². The first-order valence-corrected chi connectivity index (χ1v) is 27.6. The van der Waals surface area contributed by atoms with Crippen LogP contribution in [0.15, 0.2) is 41.8 Å². The van der Waals surface area contributed by atoms with Crippen LogP contribution in [0.1, 0.15) is 81.9 Å². The first kappa shape index (κ1) is 74.0. The van der Waals surface area contributed by atoms with E-state index in [-0.39, 0.29) is 75.4 Å². The molecule has 2 rings (SSSR count). The third-order valence-corrected chi connectivity index (χ3v) is 12.9. The molecule has 1 heterocycles. The molecule has 0 bridgehead atoms. The molecule has 0 aliphatic heterocycles. The van der Waals surface area contributed by atoms with Crippen LogP contribution in [0, 0.1) is 0 Å². The number of phenols is 1. The zero-order valence-corrected chi connectivity index (χ0v) is 47.7. The van der Waals surface area contributed by atoms with E-state index in [9.17, 15) is 83.1 Å². The number of unbranched alkanes of at least 4 members (excludes halogenated alkanes) is 2. The number of aliphatic hydroxyl groups excluding tert-OH is 3. The average molecular weight is 1230 g/mol. The molecule has 36 heteroatoms. The minimum absolute atomic E-state index is 0.0138. The molecule has 29 N–H and O–H groups in total. The molecule has 87 heavy (non-hydrogen) atoms. The number of carbonyl (C=O) groups excluding carboxylic acids is 11. The van der Waals surface area contributed by atoms with Crippen molar-refractivity contribution in [2.45, 2.75) is 144 Å². The second-order valence-electron chi connectivity index (χ2n) is 19.9. The maximum Gasteiger partial charge on any atom is 0.326 e. The van der Waals surface area contributed by atoms with Gasteiger partial charge in [0.05, 0.1) is 38.6 Å². The number of benzene rings is 1. The van der Waals surface area contributed by atoms with Gasteiger partial charge in [0.2, 0.25) is 65.0 Å². The number of H-pyrrole nitrogens is 1. The van der Waals surface area contributed by atoms with E-state index in [0.717, 1.165) is 0 Å². The highest BCUT2D eigenvalue weighted by atomic mass is 16.4. The summed E-state index contributed by atoms with van der Waals surface area (Å²) in [5, 5.41) is 71.1. The smallest absolute Gasteiger partial charge is 0.326 e. The highest BCUT2D eigenvalue weighted by Crippen LogP contribution is 2.14. The second-order valence-corrected chi connectivity index (χ2v) is 19.9. The Morgan fingerprint density at radius 2 is 0.908 bits per heavy atom. The highest BCUT2D eigenvalue weighted by molar-refractivity contribution is 5.99. The first-order valence-electron chi connectivity index (χ1n) is 27.6. The zero-order valence-electron chi connectivity index (χ0n) is 47.7. The van der Waals surface area contributed by atoms with E-state index in [1.807, 2.05) is 0 Å². The predicted octanol–water partition coefficient (Wildman–Crippen LogP) is -9.89. The van der Waals surface area contributed by atoms with Gasteiger partial charge in [-0.05, 0) is 82.2 Å². The molecular formula is C51H83N19O17. The maximum atomic E-state index is 14.5. The highest BCUT2D eigenvalue weighted by Gasteiger charge is 2.36. The molecule has 0 fully saturated rings. The molecule has 484 valence electrons. The van der Waals surface area contributed by atoms with E-state index in [1.165, 1.54) is 36.8 Å². The van der Waals surface area contributed by atoms with Crippen LogP contribution in [0.4, 0.5) is 0 Å². The molecule has 0 aliphatic rings. The minimum atomic E-state index is -1.94. The number of guanidine groups is 1. The third-order valence-electron chi connectivity index (χ3n) is 12.9. The third kappa shape index (κ3) is 28.1. The number of amides is 11. The summed E-state index contributed by atoms with van der Waals surface area (Å²) < 4.78 is 0. The summed E-state index contributed by atoms with van der Waals surface area (Å²) in [5.41, 5.74) is 39.2. The van der Waals surface area contributed by atoms with Gasteiger partial charge in [-0.25, -0.2) is 9.78 Å². The van der Waals surface area contributed by atoms with Crippen LogP contribution in [-0.4, -0.2) is 212 Å². The molecule has 10 atom stereocenters. The molecule has 0 spiro atoms. The van der Waals surface area contributed by atoms with Crippen molar-refractivity contribution in [2.24, 2.45) is 45.1 Å². The number of hydrogen-bond donors (Lipinski definition) is 22. The number of aromatic nitrogens is 2. The molecule has 11 amide bonds. The first-order chi connectivity index (χ1) is 41.3. The Morgan fingerprint density at radius 1 is 0.494 bits per heavy atom. The number of carboxylic acids is 1. The summed E-state index contributed by atoms with van der Waals surface area (Å²) in [6, 6.07) is -11.1.